The highest BCUT2D eigenvalue weighted by molar-refractivity contribution is 5.88. The molecule has 62 valence electrons. The Hall–Kier alpha value is -0.860. The molecule has 11 heavy (non-hydrogen) atoms. The average molecular weight is 155 g/mol. The Bertz CT molecular complexity index is 165. The summed E-state index contributed by atoms with van der Waals surface area (Å²) in [6.07, 6.45) is 5.56. The Morgan fingerprint density at radius 1 is 1.45 bits per heavy atom. The Labute approximate surface area is 66.1 Å². The van der Waals surface area contributed by atoms with Crippen molar-refractivity contribution < 1.29 is 9.90 Å². The number of aliphatic imine (C=N–C) groups is 1. The molecule has 0 spiro atoms. The molecule has 0 aromatic rings. The number of carbonyl (C=O) groups is 1. The molecule has 1 N–H and O–H groups in total. The van der Waals surface area contributed by atoms with Gasteiger partial charge >= 0.3 is 5.97 Å². The first-order chi connectivity index (χ1) is 5.30. The van der Waals surface area contributed by atoms with Crippen LogP contribution >= 0.6 is 0 Å². The van der Waals surface area contributed by atoms with Crippen LogP contribution in [0.15, 0.2) is 4.99 Å². The van der Waals surface area contributed by atoms with Crippen LogP contribution in [0.5, 0.6) is 0 Å². The number of aliphatic carboxylic acids is 1. The van der Waals surface area contributed by atoms with Gasteiger partial charge in [0.25, 0.3) is 0 Å². The lowest BCUT2D eigenvalue weighted by Gasteiger charge is -2.08. The predicted molar refractivity (Wildman–Crippen MR) is 43.0 cm³/mol. The van der Waals surface area contributed by atoms with Gasteiger partial charge < -0.3 is 5.11 Å². The molecule has 1 rings (SSSR count). The summed E-state index contributed by atoms with van der Waals surface area (Å²) in [7, 11) is 0. The summed E-state index contributed by atoms with van der Waals surface area (Å²) in [5, 5.41) is 8.66. The van der Waals surface area contributed by atoms with Gasteiger partial charge in [-0.2, -0.15) is 0 Å². The Balaban J connectivity index is 2.48. The molecular formula is C8H13NO2. The Kier molecular flexibility index (Phi) is 3.08. The lowest BCUT2D eigenvalue weighted by molar-refractivity contribution is -0.139. The van der Waals surface area contributed by atoms with E-state index in [1.807, 2.05) is 0 Å². The van der Waals surface area contributed by atoms with E-state index in [9.17, 15) is 4.79 Å². The van der Waals surface area contributed by atoms with Gasteiger partial charge in [0.1, 0.15) is 0 Å². The van der Waals surface area contributed by atoms with Crippen molar-refractivity contribution in [2.24, 2.45) is 10.9 Å². The van der Waals surface area contributed by atoms with E-state index in [-0.39, 0.29) is 5.92 Å². The zero-order valence-electron chi connectivity index (χ0n) is 6.49. The van der Waals surface area contributed by atoms with Crippen molar-refractivity contribution in [2.45, 2.75) is 25.7 Å². The van der Waals surface area contributed by atoms with Gasteiger partial charge in [0.15, 0.2) is 0 Å². The summed E-state index contributed by atoms with van der Waals surface area (Å²) >= 11 is 0. The molecule has 3 heteroatoms. The van der Waals surface area contributed by atoms with Gasteiger partial charge in [-0.25, -0.2) is 0 Å². The minimum Gasteiger partial charge on any atom is -0.481 e. The number of rotatable bonds is 1. The molecule has 0 fully saturated rings. The predicted octanol–water partition coefficient (Wildman–Crippen LogP) is 1.33. The molecule has 0 saturated carbocycles. The van der Waals surface area contributed by atoms with Crippen molar-refractivity contribution in [3.63, 3.8) is 0 Å². The van der Waals surface area contributed by atoms with Gasteiger partial charge in [-0.1, -0.05) is 12.8 Å². The largest absolute Gasteiger partial charge is 0.481 e. The van der Waals surface area contributed by atoms with E-state index in [0.717, 1.165) is 32.2 Å². The molecule has 0 amide bonds. The molecule has 1 unspecified atom stereocenters. The van der Waals surface area contributed by atoms with E-state index < -0.39 is 5.97 Å². The second-order valence-electron chi connectivity index (χ2n) is 2.85. The van der Waals surface area contributed by atoms with Gasteiger partial charge in [0.05, 0.1) is 5.92 Å². The van der Waals surface area contributed by atoms with Crippen LogP contribution in [0.1, 0.15) is 25.7 Å². The summed E-state index contributed by atoms with van der Waals surface area (Å²) in [5.41, 5.74) is 0. The zero-order valence-corrected chi connectivity index (χ0v) is 6.49. The van der Waals surface area contributed by atoms with Crippen LogP contribution in [0.3, 0.4) is 0 Å². The van der Waals surface area contributed by atoms with Crippen molar-refractivity contribution in [3.05, 3.63) is 0 Å². The second-order valence-corrected chi connectivity index (χ2v) is 2.85. The molecule has 0 saturated heterocycles. The zero-order chi connectivity index (χ0) is 8.10. The summed E-state index contributed by atoms with van der Waals surface area (Å²) in [4.78, 5) is 14.6. The molecule has 0 aliphatic carbocycles. The molecule has 1 aliphatic heterocycles. The van der Waals surface area contributed by atoms with Crippen LogP contribution in [0, 0.1) is 5.92 Å². The summed E-state index contributed by atoms with van der Waals surface area (Å²) in [5.74, 6) is -1.08. The van der Waals surface area contributed by atoms with Crippen molar-refractivity contribution in [3.8, 4) is 0 Å². The van der Waals surface area contributed by atoms with E-state index in [4.69, 9.17) is 5.11 Å². The normalized spacial score (nSPS) is 25.6. The summed E-state index contributed by atoms with van der Waals surface area (Å²) in [6, 6.07) is 0. The van der Waals surface area contributed by atoms with Crippen molar-refractivity contribution >= 4 is 12.2 Å². The highest BCUT2D eigenvalue weighted by atomic mass is 16.4. The fourth-order valence-corrected chi connectivity index (χ4v) is 1.21. The van der Waals surface area contributed by atoms with E-state index in [1.165, 1.54) is 0 Å². The van der Waals surface area contributed by atoms with Crippen LogP contribution in [-0.2, 0) is 4.79 Å². The fraction of sp³-hybridized carbons (Fsp3) is 0.750. The van der Waals surface area contributed by atoms with Crippen LogP contribution in [0.25, 0.3) is 0 Å². The van der Waals surface area contributed by atoms with E-state index in [1.54, 1.807) is 6.21 Å². The van der Waals surface area contributed by atoms with Gasteiger partial charge in [-0.05, 0) is 12.8 Å². The van der Waals surface area contributed by atoms with Crippen LogP contribution in [0.4, 0.5) is 0 Å². The maximum Gasteiger partial charge on any atom is 0.311 e. The second kappa shape index (κ2) is 4.11. The third-order valence-corrected chi connectivity index (χ3v) is 1.90. The summed E-state index contributed by atoms with van der Waals surface area (Å²) < 4.78 is 0. The first kappa shape index (κ1) is 8.24. The van der Waals surface area contributed by atoms with E-state index in [2.05, 4.69) is 4.99 Å². The first-order valence-corrected chi connectivity index (χ1v) is 4.03. The monoisotopic (exact) mass is 155 g/mol. The third-order valence-electron chi connectivity index (χ3n) is 1.90. The van der Waals surface area contributed by atoms with Gasteiger partial charge in [-0.15, -0.1) is 0 Å². The number of hydrogen-bond acceptors (Lipinski definition) is 2. The number of nitrogens with zero attached hydrogens (tertiary/aromatic N) is 1. The van der Waals surface area contributed by atoms with Gasteiger partial charge in [0.2, 0.25) is 0 Å². The minimum atomic E-state index is -0.740. The van der Waals surface area contributed by atoms with Crippen molar-refractivity contribution in [1.29, 1.82) is 0 Å². The fourth-order valence-electron chi connectivity index (χ4n) is 1.21. The quantitative estimate of drug-likeness (QED) is 0.621. The maximum absolute atomic E-state index is 10.5. The molecule has 1 heterocycles. The minimum absolute atomic E-state index is 0.338. The molecule has 0 aromatic carbocycles. The maximum atomic E-state index is 10.5. The van der Waals surface area contributed by atoms with Gasteiger partial charge in [0, 0.05) is 12.8 Å². The standard InChI is InChI=1S/C8H13NO2/c10-8(11)7-4-2-1-3-5-9-6-7/h6-7H,1-5H2,(H,10,11). The molecule has 1 atom stereocenters. The molecular weight excluding hydrogens is 142 g/mol. The van der Waals surface area contributed by atoms with E-state index >= 15 is 0 Å². The van der Waals surface area contributed by atoms with Gasteiger partial charge in [-0.3, -0.25) is 9.79 Å². The highest BCUT2D eigenvalue weighted by Gasteiger charge is 2.14. The molecule has 0 aromatic heterocycles. The van der Waals surface area contributed by atoms with Crippen molar-refractivity contribution in [1.82, 2.24) is 0 Å². The van der Waals surface area contributed by atoms with Crippen LogP contribution < -0.4 is 0 Å². The Morgan fingerprint density at radius 3 is 3.00 bits per heavy atom. The smallest absolute Gasteiger partial charge is 0.311 e. The van der Waals surface area contributed by atoms with Crippen LogP contribution in [0.2, 0.25) is 0 Å². The lowest BCUT2D eigenvalue weighted by Crippen LogP contribution is -2.16. The highest BCUT2D eigenvalue weighted by Crippen LogP contribution is 2.11. The topological polar surface area (TPSA) is 49.7 Å². The van der Waals surface area contributed by atoms with Crippen LogP contribution in [-0.4, -0.2) is 23.8 Å². The number of carboxylic acids is 1. The molecule has 0 radical (unpaired) electrons. The molecule has 3 nitrogen and oxygen atoms in total. The lowest BCUT2D eigenvalue weighted by atomic mass is 10.0. The molecule has 0 bridgehead atoms. The average Bonchev–Trinajstić information content (AvgIpc) is 1.84. The third kappa shape index (κ3) is 2.70. The SMILES string of the molecule is O=C(O)C1C=NCCCCC1. The first-order valence-electron chi connectivity index (χ1n) is 4.03. The molecule has 1 aliphatic rings. The van der Waals surface area contributed by atoms with Crippen molar-refractivity contribution in [2.75, 3.05) is 6.54 Å². The number of hydrogen-bond donors (Lipinski definition) is 1. The summed E-state index contributed by atoms with van der Waals surface area (Å²) in [6.45, 7) is 0.795. The number of carboxylic acid groups (broad SMARTS) is 1. The Morgan fingerprint density at radius 2 is 2.27 bits per heavy atom. The van der Waals surface area contributed by atoms with E-state index in [0.29, 0.717) is 0 Å².